The molecule has 17 heavy (non-hydrogen) atoms. The third-order valence-electron chi connectivity index (χ3n) is 2.44. The van der Waals surface area contributed by atoms with Crippen molar-refractivity contribution in [1.82, 2.24) is 10.3 Å². The predicted molar refractivity (Wildman–Crippen MR) is 68.2 cm³/mol. The summed E-state index contributed by atoms with van der Waals surface area (Å²) in [5.41, 5.74) is 7.13. The maximum Gasteiger partial charge on any atom is 0.180 e. The van der Waals surface area contributed by atoms with Crippen LogP contribution in [0.1, 0.15) is 16.0 Å². The van der Waals surface area contributed by atoms with Crippen molar-refractivity contribution in [2.24, 2.45) is 0 Å². The Balaban J connectivity index is 1.87. The fourth-order valence-electron chi connectivity index (χ4n) is 1.48. The summed E-state index contributed by atoms with van der Waals surface area (Å²) >= 11 is 1.46. The van der Waals surface area contributed by atoms with Crippen LogP contribution in [0.5, 0.6) is 0 Å². The molecular weight excluding hydrogens is 237 g/mol. The van der Waals surface area contributed by atoms with Crippen LogP contribution in [0.4, 0.5) is 9.52 Å². The first kappa shape index (κ1) is 12.0. The number of rotatable bonds is 4. The molecule has 0 aliphatic rings. The van der Waals surface area contributed by atoms with Gasteiger partial charge in [0.1, 0.15) is 5.82 Å². The van der Waals surface area contributed by atoms with Crippen molar-refractivity contribution in [3.05, 3.63) is 46.2 Å². The zero-order chi connectivity index (χ0) is 12.3. The van der Waals surface area contributed by atoms with Crippen LogP contribution in [0.2, 0.25) is 0 Å². The molecule has 0 unspecified atom stereocenters. The minimum atomic E-state index is -0.161. The Kier molecular flexibility index (Phi) is 3.71. The molecule has 0 spiro atoms. The number of hydrogen-bond acceptors (Lipinski definition) is 4. The summed E-state index contributed by atoms with van der Waals surface area (Å²) in [5.74, 6) is -0.161. The van der Waals surface area contributed by atoms with E-state index < -0.39 is 0 Å². The summed E-state index contributed by atoms with van der Waals surface area (Å²) in [4.78, 5) is 5.04. The van der Waals surface area contributed by atoms with E-state index in [0.717, 1.165) is 10.4 Å². The lowest BCUT2D eigenvalue weighted by Gasteiger charge is -2.04. The molecule has 3 N–H and O–H groups in total. The summed E-state index contributed by atoms with van der Waals surface area (Å²) in [6, 6.07) is 5.27. The Morgan fingerprint density at radius 2 is 2.24 bits per heavy atom. The molecule has 1 aromatic heterocycles. The Hall–Kier alpha value is -1.46. The molecule has 0 radical (unpaired) electrons. The van der Waals surface area contributed by atoms with Crippen LogP contribution in [0.3, 0.4) is 0 Å². The van der Waals surface area contributed by atoms with Crippen molar-refractivity contribution in [3.8, 4) is 0 Å². The second kappa shape index (κ2) is 5.25. The van der Waals surface area contributed by atoms with E-state index >= 15 is 0 Å². The van der Waals surface area contributed by atoms with E-state index in [-0.39, 0.29) is 5.82 Å². The van der Waals surface area contributed by atoms with Gasteiger partial charge in [-0.15, -0.1) is 11.3 Å². The fraction of sp³-hybridized carbons (Fsp3) is 0.250. The van der Waals surface area contributed by atoms with Crippen LogP contribution in [0.25, 0.3) is 0 Å². The van der Waals surface area contributed by atoms with Gasteiger partial charge in [0.15, 0.2) is 5.13 Å². The van der Waals surface area contributed by atoms with Crippen LogP contribution in [0.15, 0.2) is 24.4 Å². The van der Waals surface area contributed by atoms with Gasteiger partial charge in [-0.05, 0) is 24.1 Å². The molecule has 0 aliphatic heterocycles. The first-order valence-corrected chi connectivity index (χ1v) is 6.13. The van der Waals surface area contributed by atoms with E-state index in [1.54, 1.807) is 25.3 Å². The highest BCUT2D eigenvalue weighted by Crippen LogP contribution is 2.14. The number of nitrogens with one attached hydrogen (secondary N) is 1. The highest BCUT2D eigenvalue weighted by molar-refractivity contribution is 7.15. The van der Waals surface area contributed by atoms with E-state index in [4.69, 9.17) is 5.73 Å². The molecule has 2 aromatic rings. The minimum Gasteiger partial charge on any atom is -0.375 e. The highest BCUT2D eigenvalue weighted by Gasteiger charge is 2.01. The third kappa shape index (κ3) is 3.25. The van der Waals surface area contributed by atoms with Crippen molar-refractivity contribution in [2.45, 2.75) is 20.0 Å². The first-order valence-electron chi connectivity index (χ1n) is 5.31. The molecule has 0 bridgehead atoms. The number of nitrogens with two attached hydrogens (primary N) is 1. The van der Waals surface area contributed by atoms with Gasteiger partial charge in [-0.3, -0.25) is 0 Å². The van der Waals surface area contributed by atoms with Crippen molar-refractivity contribution < 1.29 is 4.39 Å². The van der Waals surface area contributed by atoms with Gasteiger partial charge in [-0.1, -0.05) is 12.1 Å². The number of nitrogens with zero attached hydrogens (tertiary/aromatic N) is 1. The predicted octanol–water partition coefficient (Wildman–Crippen LogP) is 2.46. The Morgan fingerprint density at radius 3 is 2.88 bits per heavy atom. The van der Waals surface area contributed by atoms with E-state index in [1.165, 1.54) is 11.3 Å². The summed E-state index contributed by atoms with van der Waals surface area (Å²) < 4.78 is 13.3. The molecule has 5 heteroatoms. The number of hydrogen-bond donors (Lipinski definition) is 2. The van der Waals surface area contributed by atoms with Gasteiger partial charge in [-0.2, -0.15) is 0 Å². The molecule has 1 aromatic carbocycles. The molecule has 0 saturated carbocycles. The zero-order valence-corrected chi connectivity index (χ0v) is 10.4. The second-order valence-corrected chi connectivity index (χ2v) is 5.00. The Bertz CT molecular complexity index is 510. The standard InChI is InChI=1S/C12H14FN3S/c1-8-2-3-9(4-11(8)13)5-15-6-10-7-16-12(14)17-10/h2-4,7,15H,5-6H2,1H3,(H2,14,16). The summed E-state index contributed by atoms with van der Waals surface area (Å²) in [5, 5.41) is 3.80. The second-order valence-electron chi connectivity index (χ2n) is 3.85. The van der Waals surface area contributed by atoms with Crippen LogP contribution < -0.4 is 11.1 Å². The van der Waals surface area contributed by atoms with E-state index in [1.807, 2.05) is 6.07 Å². The SMILES string of the molecule is Cc1ccc(CNCc2cnc(N)s2)cc1F. The molecular formula is C12H14FN3S. The topological polar surface area (TPSA) is 50.9 Å². The Morgan fingerprint density at radius 1 is 1.41 bits per heavy atom. The molecule has 0 amide bonds. The summed E-state index contributed by atoms with van der Waals surface area (Å²) in [6.45, 7) is 3.09. The van der Waals surface area contributed by atoms with Crippen LogP contribution in [-0.4, -0.2) is 4.98 Å². The number of anilines is 1. The minimum absolute atomic E-state index is 0.161. The number of thiazole rings is 1. The van der Waals surface area contributed by atoms with Crippen LogP contribution in [-0.2, 0) is 13.1 Å². The van der Waals surface area contributed by atoms with Gasteiger partial charge >= 0.3 is 0 Å². The van der Waals surface area contributed by atoms with Gasteiger partial charge in [-0.25, -0.2) is 9.37 Å². The first-order chi connectivity index (χ1) is 8.15. The van der Waals surface area contributed by atoms with Crippen molar-refractivity contribution in [1.29, 1.82) is 0 Å². The molecule has 0 aliphatic carbocycles. The lowest BCUT2D eigenvalue weighted by molar-refractivity contribution is 0.611. The average molecular weight is 251 g/mol. The lowest BCUT2D eigenvalue weighted by atomic mass is 10.1. The number of benzene rings is 1. The van der Waals surface area contributed by atoms with Gasteiger partial charge in [0.05, 0.1) is 0 Å². The maximum atomic E-state index is 13.3. The van der Waals surface area contributed by atoms with E-state index in [2.05, 4.69) is 10.3 Å². The third-order valence-corrected chi connectivity index (χ3v) is 3.26. The molecule has 0 saturated heterocycles. The highest BCUT2D eigenvalue weighted by atomic mass is 32.1. The molecule has 0 fully saturated rings. The van der Waals surface area contributed by atoms with E-state index in [0.29, 0.717) is 23.8 Å². The van der Waals surface area contributed by atoms with Gasteiger partial charge in [0.25, 0.3) is 0 Å². The fourth-order valence-corrected chi connectivity index (χ4v) is 2.13. The zero-order valence-electron chi connectivity index (χ0n) is 9.53. The number of halogens is 1. The average Bonchev–Trinajstić information content (AvgIpc) is 2.70. The summed E-state index contributed by atoms with van der Waals surface area (Å²) in [6.07, 6.45) is 1.75. The number of nitrogen functional groups attached to an aromatic ring is 1. The number of aromatic nitrogens is 1. The Labute approximate surface area is 103 Å². The quantitative estimate of drug-likeness (QED) is 0.877. The van der Waals surface area contributed by atoms with Crippen molar-refractivity contribution in [2.75, 3.05) is 5.73 Å². The van der Waals surface area contributed by atoms with Crippen molar-refractivity contribution >= 4 is 16.5 Å². The van der Waals surface area contributed by atoms with Crippen LogP contribution in [0, 0.1) is 12.7 Å². The molecule has 90 valence electrons. The van der Waals surface area contributed by atoms with Crippen LogP contribution >= 0.6 is 11.3 Å². The lowest BCUT2D eigenvalue weighted by Crippen LogP contribution is -2.11. The smallest absolute Gasteiger partial charge is 0.180 e. The normalized spacial score (nSPS) is 10.7. The van der Waals surface area contributed by atoms with Gasteiger partial charge in [0.2, 0.25) is 0 Å². The monoisotopic (exact) mass is 251 g/mol. The van der Waals surface area contributed by atoms with Gasteiger partial charge < -0.3 is 11.1 Å². The van der Waals surface area contributed by atoms with E-state index in [9.17, 15) is 4.39 Å². The number of aryl methyl sites for hydroxylation is 1. The molecule has 3 nitrogen and oxygen atoms in total. The van der Waals surface area contributed by atoms with Crippen molar-refractivity contribution in [3.63, 3.8) is 0 Å². The molecule has 2 rings (SSSR count). The molecule has 1 heterocycles. The molecule has 0 atom stereocenters. The maximum absolute atomic E-state index is 13.3. The van der Waals surface area contributed by atoms with Gasteiger partial charge in [0, 0.05) is 24.2 Å². The largest absolute Gasteiger partial charge is 0.375 e. The summed E-state index contributed by atoms with van der Waals surface area (Å²) in [7, 11) is 0.